The molecule has 0 spiro atoms. The van der Waals surface area contributed by atoms with Crippen LogP contribution >= 0.6 is 0 Å². The lowest BCUT2D eigenvalue weighted by atomic mass is 9.74. The van der Waals surface area contributed by atoms with Crippen LogP contribution in [0.2, 0.25) is 0 Å². The lowest BCUT2D eigenvalue weighted by molar-refractivity contribution is -0.150. The fourth-order valence-electron chi connectivity index (χ4n) is 3.17. The zero-order chi connectivity index (χ0) is 13.9. The largest absolute Gasteiger partial charge is 0.353 e. The maximum atomic E-state index is 12.7. The number of amides is 2. The van der Waals surface area contributed by atoms with E-state index in [1.165, 1.54) is 0 Å². The van der Waals surface area contributed by atoms with E-state index in [0.717, 1.165) is 19.3 Å². The van der Waals surface area contributed by atoms with Crippen LogP contribution in [-0.2, 0) is 9.59 Å². The van der Waals surface area contributed by atoms with Gasteiger partial charge in [-0.15, -0.1) is 0 Å². The van der Waals surface area contributed by atoms with Gasteiger partial charge in [0.2, 0.25) is 11.8 Å². The zero-order valence-corrected chi connectivity index (χ0v) is 11.4. The van der Waals surface area contributed by atoms with Gasteiger partial charge >= 0.3 is 0 Å². The normalized spacial score (nSPS) is 26.4. The number of nitrogens with one attached hydrogen (secondary N) is 1. The fraction of sp³-hybridized carbons (Fsp3) is 0.786. The van der Waals surface area contributed by atoms with E-state index in [0.29, 0.717) is 32.4 Å². The molecule has 2 amide bonds. The van der Waals surface area contributed by atoms with Crippen LogP contribution in [0.1, 0.15) is 45.4 Å². The lowest BCUT2D eigenvalue weighted by Crippen LogP contribution is -2.60. The van der Waals surface area contributed by atoms with Crippen LogP contribution in [0.4, 0.5) is 0 Å². The minimum Gasteiger partial charge on any atom is -0.353 e. The molecular weight excluding hydrogens is 242 g/mol. The number of rotatable bonds is 2. The first kappa shape index (κ1) is 13.9. The predicted octanol–water partition coefficient (Wildman–Crippen LogP) is 1.20. The van der Waals surface area contributed by atoms with Crippen LogP contribution in [0.15, 0.2) is 0 Å². The molecule has 1 unspecified atom stereocenters. The molecule has 2 rings (SSSR count). The number of nitriles is 1. The standard InChI is InChI=1S/C14H21N3O2/c1-2-11-12(18)16-8-9-17(11)13(19)14(10-15)6-4-3-5-7-14/h11H,2-9H2,1H3,(H,16,18). The third kappa shape index (κ3) is 2.44. The van der Waals surface area contributed by atoms with Crippen molar-refractivity contribution in [2.24, 2.45) is 5.41 Å². The molecule has 1 heterocycles. The molecule has 2 fully saturated rings. The van der Waals surface area contributed by atoms with Crippen molar-refractivity contribution in [3.63, 3.8) is 0 Å². The van der Waals surface area contributed by atoms with Gasteiger partial charge in [0.05, 0.1) is 6.07 Å². The van der Waals surface area contributed by atoms with E-state index in [1.807, 2.05) is 6.92 Å². The highest BCUT2D eigenvalue weighted by molar-refractivity contribution is 5.92. The molecule has 104 valence electrons. The molecule has 1 aliphatic carbocycles. The molecule has 0 aromatic rings. The first-order valence-electron chi connectivity index (χ1n) is 7.14. The molecule has 1 saturated heterocycles. The topological polar surface area (TPSA) is 73.2 Å². The van der Waals surface area contributed by atoms with Crippen molar-refractivity contribution >= 4 is 11.8 Å². The van der Waals surface area contributed by atoms with Gasteiger partial charge in [0.15, 0.2) is 0 Å². The van der Waals surface area contributed by atoms with Gasteiger partial charge in [-0.25, -0.2) is 0 Å². The fourth-order valence-corrected chi connectivity index (χ4v) is 3.17. The summed E-state index contributed by atoms with van der Waals surface area (Å²) in [6.07, 6.45) is 4.81. The van der Waals surface area contributed by atoms with E-state index in [-0.39, 0.29) is 11.8 Å². The molecule has 0 radical (unpaired) electrons. The molecule has 2 aliphatic rings. The summed E-state index contributed by atoms with van der Waals surface area (Å²) < 4.78 is 0. The number of piperazine rings is 1. The summed E-state index contributed by atoms with van der Waals surface area (Å²) in [5.41, 5.74) is -0.886. The minimum atomic E-state index is -0.886. The second kappa shape index (κ2) is 5.60. The number of carbonyl (C=O) groups excluding carboxylic acids is 2. The summed E-state index contributed by atoms with van der Waals surface area (Å²) in [4.78, 5) is 26.2. The molecule has 1 saturated carbocycles. The maximum absolute atomic E-state index is 12.7. The molecule has 1 atom stereocenters. The van der Waals surface area contributed by atoms with Crippen LogP contribution in [0.25, 0.3) is 0 Å². The number of nitrogens with zero attached hydrogens (tertiary/aromatic N) is 2. The highest BCUT2D eigenvalue weighted by Crippen LogP contribution is 2.38. The Balaban J connectivity index is 2.21. The third-order valence-corrected chi connectivity index (χ3v) is 4.31. The second-order valence-corrected chi connectivity index (χ2v) is 5.47. The highest BCUT2D eigenvalue weighted by Gasteiger charge is 2.45. The molecule has 0 bridgehead atoms. The van der Waals surface area contributed by atoms with Gasteiger partial charge in [0.1, 0.15) is 11.5 Å². The minimum absolute atomic E-state index is 0.0917. The van der Waals surface area contributed by atoms with Crippen molar-refractivity contribution in [3.8, 4) is 6.07 Å². The SMILES string of the molecule is CCC1C(=O)NCCN1C(=O)C1(C#N)CCCCC1. The van der Waals surface area contributed by atoms with Crippen LogP contribution in [0.5, 0.6) is 0 Å². The van der Waals surface area contributed by atoms with Crippen molar-refractivity contribution in [2.45, 2.75) is 51.5 Å². The Labute approximate surface area is 113 Å². The van der Waals surface area contributed by atoms with Crippen molar-refractivity contribution in [1.29, 1.82) is 5.26 Å². The van der Waals surface area contributed by atoms with E-state index in [1.54, 1.807) is 4.90 Å². The Morgan fingerprint density at radius 1 is 1.47 bits per heavy atom. The van der Waals surface area contributed by atoms with E-state index in [9.17, 15) is 14.9 Å². The average Bonchev–Trinajstić information content (AvgIpc) is 2.47. The number of carbonyl (C=O) groups is 2. The summed E-state index contributed by atoms with van der Waals surface area (Å²) >= 11 is 0. The van der Waals surface area contributed by atoms with E-state index >= 15 is 0 Å². The summed E-state index contributed by atoms with van der Waals surface area (Å²) in [6, 6.07) is 1.84. The number of hydrogen-bond acceptors (Lipinski definition) is 3. The van der Waals surface area contributed by atoms with E-state index < -0.39 is 11.5 Å². The Kier molecular flexibility index (Phi) is 4.08. The first-order chi connectivity index (χ1) is 9.14. The Bertz CT molecular complexity index is 407. The molecule has 5 nitrogen and oxygen atoms in total. The average molecular weight is 263 g/mol. The maximum Gasteiger partial charge on any atom is 0.243 e. The second-order valence-electron chi connectivity index (χ2n) is 5.47. The molecule has 19 heavy (non-hydrogen) atoms. The van der Waals surface area contributed by atoms with Crippen molar-refractivity contribution in [3.05, 3.63) is 0 Å². The van der Waals surface area contributed by atoms with Crippen LogP contribution < -0.4 is 5.32 Å². The first-order valence-corrected chi connectivity index (χ1v) is 7.14. The summed E-state index contributed by atoms with van der Waals surface area (Å²) in [5, 5.41) is 12.3. The van der Waals surface area contributed by atoms with Crippen LogP contribution in [-0.4, -0.2) is 35.8 Å². The molecular formula is C14H21N3O2. The van der Waals surface area contributed by atoms with Gasteiger partial charge in [-0.05, 0) is 19.3 Å². The van der Waals surface area contributed by atoms with Gasteiger partial charge in [-0.3, -0.25) is 9.59 Å². The van der Waals surface area contributed by atoms with E-state index in [4.69, 9.17) is 0 Å². The molecule has 0 aromatic heterocycles. The van der Waals surface area contributed by atoms with Crippen LogP contribution in [0, 0.1) is 16.7 Å². The molecule has 0 aromatic carbocycles. The van der Waals surface area contributed by atoms with Crippen molar-refractivity contribution in [2.75, 3.05) is 13.1 Å². The molecule has 1 aliphatic heterocycles. The van der Waals surface area contributed by atoms with Crippen LogP contribution in [0.3, 0.4) is 0 Å². The van der Waals surface area contributed by atoms with Gasteiger partial charge in [-0.1, -0.05) is 26.2 Å². The van der Waals surface area contributed by atoms with Gasteiger partial charge in [-0.2, -0.15) is 5.26 Å². The zero-order valence-electron chi connectivity index (χ0n) is 11.4. The van der Waals surface area contributed by atoms with Crippen molar-refractivity contribution in [1.82, 2.24) is 10.2 Å². The molecule has 1 N–H and O–H groups in total. The predicted molar refractivity (Wildman–Crippen MR) is 69.9 cm³/mol. The lowest BCUT2D eigenvalue weighted by Gasteiger charge is -2.40. The summed E-state index contributed by atoms with van der Waals surface area (Å²) in [7, 11) is 0. The number of hydrogen-bond donors (Lipinski definition) is 1. The quantitative estimate of drug-likeness (QED) is 0.813. The van der Waals surface area contributed by atoms with Crippen molar-refractivity contribution < 1.29 is 9.59 Å². The van der Waals surface area contributed by atoms with E-state index in [2.05, 4.69) is 11.4 Å². The monoisotopic (exact) mass is 263 g/mol. The Hall–Kier alpha value is -1.57. The summed E-state index contributed by atoms with van der Waals surface area (Å²) in [6.45, 7) is 2.91. The Morgan fingerprint density at radius 3 is 2.74 bits per heavy atom. The summed E-state index contributed by atoms with van der Waals surface area (Å²) in [5.74, 6) is -0.220. The van der Waals surface area contributed by atoms with Gasteiger partial charge in [0, 0.05) is 13.1 Å². The third-order valence-electron chi connectivity index (χ3n) is 4.31. The smallest absolute Gasteiger partial charge is 0.243 e. The van der Waals surface area contributed by atoms with Gasteiger partial charge < -0.3 is 10.2 Å². The Morgan fingerprint density at radius 2 is 2.16 bits per heavy atom. The van der Waals surface area contributed by atoms with Gasteiger partial charge in [0.25, 0.3) is 0 Å². The highest BCUT2D eigenvalue weighted by atomic mass is 16.2. The molecule has 5 heteroatoms.